The van der Waals surface area contributed by atoms with E-state index in [1.165, 1.54) is 4.31 Å². The number of fused-ring (bicyclic) bond motifs is 1. The lowest BCUT2D eigenvalue weighted by Gasteiger charge is -2.37. The van der Waals surface area contributed by atoms with Gasteiger partial charge >= 0.3 is 10.2 Å². The van der Waals surface area contributed by atoms with Crippen LogP contribution in [0.4, 0.5) is 0 Å². The first-order valence-corrected chi connectivity index (χ1v) is 24.4. The third-order valence-electron chi connectivity index (χ3n) is 17.0. The van der Waals surface area contributed by atoms with Crippen molar-refractivity contribution in [3.63, 3.8) is 0 Å². The molecule has 12 nitrogen and oxygen atoms in total. The van der Waals surface area contributed by atoms with Crippen molar-refractivity contribution >= 4 is 39.5 Å². The molecular formula is C45H75N5O7S. The lowest BCUT2D eigenvalue weighted by Crippen LogP contribution is -2.54. The highest BCUT2D eigenvalue weighted by molar-refractivity contribution is 7.87. The molecule has 6 aliphatic rings. The third kappa shape index (κ3) is 7.62. The molecule has 6 fully saturated rings. The average Bonchev–Trinajstić information content (AvgIpc) is 3.67. The number of hydrogen-bond acceptors (Lipinski definition) is 8. The van der Waals surface area contributed by atoms with Crippen LogP contribution in [0.15, 0.2) is 0 Å². The van der Waals surface area contributed by atoms with Crippen molar-refractivity contribution in [2.45, 2.75) is 177 Å². The van der Waals surface area contributed by atoms with Gasteiger partial charge in [0.1, 0.15) is 0 Å². The molecule has 1 unspecified atom stereocenters. The molecule has 2 heterocycles. The van der Waals surface area contributed by atoms with Gasteiger partial charge in [0.05, 0.1) is 23.5 Å². The Bertz CT molecular complexity index is 1710. The van der Waals surface area contributed by atoms with E-state index < -0.39 is 44.9 Å². The van der Waals surface area contributed by atoms with Crippen LogP contribution in [0.2, 0.25) is 0 Å². The number of amides is 3. The summed E-state index contributed by atoms with van der Waals surface area (Å²) in [6, 6.07) is -1.69. The number of ketones is 2. The maximum Gasteiger partial charge on any atom is 0.303 e. The topological polar surface area (TPSA) is 153 Å². The molecule has 3 amide bonds. The summed E-state index contributed by atoms with van der Waals surface area (Å²) in [5.74, 6) is -2.10. The predicted molar refractivity (Wildman–Crippen MR) is 224 cm³/mol. The normalized spacial score (nSPS) is 31.6. The van der Waals surface area contributed by atoms with Gasteiger partial charge in [-0.3, -0.25) is 28.9 Å². The molecule has 2 saturated heterocycles. The Labute approximate surface area is 349 Å². The van der Waals surface area contributed by atoms with E-state index in [2.05, 4.69) is 35.7 Å². The second-order valence-corrected chi connectivity index (χ2v) is 22.4. The molecule has 0 aromatic heterocycles. The van der Waals surface area contributed by atoms with Crippen molar-refractivity contribution in [2.75, 3.05) is 32.7 Å². The van der Waals surface area contributed by atoms with Gasteiger partial charge in [-0.2, -0.15) is 12.7 Å². The van der Waals surface area contributed by atoms with Crippen LogP contribution in [0.5, 0.6) is 0 Å². The Morgan fingerprint density at radius 2 is 1.50 bits per heavy atom. The molecular weight excluding hydrogens is 755 g/mol. The monoisotopic (exact) mass is 830 g/mol. The zero-order valence-electron chi connectivity index (χ0n) is 37.2. The quantitative estimate of drug-likeness (QED) is 0.180. The van der Waals surface area contributed by atoms with Gasteiger partial charge in [0.25, 0.3) is 0 Å². The van der Waals surface area contributed by atoms with E-state index in [1.54, 1.807) is 18.7 Å². The second kappa shape index (κ2) is 16.5. The molecule has 4 saturated carbocycles. The smallest absolute Gasteiger partial charge is 0.303 e. The number of nitrogens with zero attached hydrogens (tertiary/aromatic N) is 3. The number of Topliss-reactive ketones (excluding diaryl/α,β-unsaturated/α-hetero) is 2. The molecule has 2 N–H and O–H groups in total. The molecule has 6 rings (SSSR count). The highest BCUT2D eigenvalue weighted by atomic mass is 32.2. The fraction of sp³-hybridized carbons (Fsp3) is 0.889. The zero-order valence-corrected chi connectivity index (χ0v) is 38.0. The van der Waals surface area contributed by atoms with Gasteiger partial charge in [0.2, 0.25) is 17.7 Å². The van der Waals surface area contributed by atoms with Gasteiger partial charge < -0.3 is 10.2 Å². The van der Waals surface area contributed by atoms with Crippen LogP contribution in [0.1, 0.15) is 159 Å². The fourth-order valence-electron chi connectivity index (χ4n) is 12.9. The summed E-state index contributed by atoms with van der Waals surface area (Å²) in [5.41, 5.74) is -2.07. The molecule has 0 bridgehead atoms. The average molecular weight is 830 g/mol. The van der Waals surface area contributed by atoms with E-state index in [9.17, 15) is 27.6 Å². The first-order valence-electron chi connectivity index (χ1n) is 22.9. The Balaban J connectivity index is 1.28. The number of likely N-dealkylation sites (tertiary alicyclic amines) is 2. The minimum atomic E-state index is -4.08. The molecule has 13 heteroatoms. The molecule has 0 aromatic carbocycles. The van der Waals surface area contributed by atoms with E-state index >= 15 is 4.79 Å². The largest absolute Gasteiger partial charge is 0.345 e. The standard InChI is InChI=1S/C45H75N5O7S/c1-10-31-26-43(31,40(55)47-58(56,57)49(12-3)13-4)28-36(52)34-27-45(42(8,9)44(45)22-18-23-44)29-50(34)39(54)32(41(5,6)7)25-35(51)37(30-19-15-14-16-20-30)46-38(53)33-21-17-24-48(33)11-2/h30-34,37H,10-29H2,1-9H3,(H,46,53)(H,47,55)/t31-,32-,33+,34+,37?,43-,45-/m1/s1. The van der Waals surface area contributed by atoms with Gasteiger partial charge in [-0.1, -0.05) is 94.4 Å². The van der Waals surface area contributed by atoms with Gasteiger partial charge in [-0.15, -0.1) is 0 Å². The van der Waals surface area contributed by atoms with Crippen molar-refractivity contribution in [1.29, 1.82) is 0 Å². The van der Waals surface area contributed by atoms with E-state index in [4.69, 9.17) is 0 Å². The number of hydrogen-bond donors (Lipinski definition) is 2. The van der Waals surface area contributed by atoms with Crippen LogP contribution in [-0.2, 0) is 34.2 Å². The van der Waals surface area contributed by atoms with Crippen LogP contribution in [0.25, 0.3) is 0 Å². The van der Waals surface area contributed by atoms with Crippen LogP contribution in [0.3, 0.4) is 0 Å². The van der Waals surface area contributed by atoms with E-state index in [1.807, 2.05) is 27.7 Å². The Morgan fingerprint density at radius 3 is 2.02 bits per heavy atom. The molecule has 58 heavy (non-hydrogen) atoms. The lowest BCUT2D eigenvalue weighted by molar-refractivity contribution is -0.147. The number of likely N-dealkylation sites (N-methyl/N-ethyl adjacent to an activating group) is 1. The van der Waals surface area contributed by atoms with Crippen molar-refractivity contribution in [2.24, 2.45) is 44.8 Å². The van der Waals surface area contributed by atoms with Crippen molar-refractivity contribution in [3.8, 4) is 0 Å². The summed E-state index contributed by atoms with van der Waals surface area (Å²) in [6.07, 6.45) is 11.2. The maximum atomic E-state index is 15.3. The highest BCUT2D eigenvalue weighted by Crippen LogP contribution is 2.88. The van der Waals surface area contributed by atoms with Gasteiger partial charge in [0.15, 0.2) is 11.6 Å². The Hall–Kier alpha value is -2.38. The molecule has 2 aliphatic heterocycles. The summed E-state index contributed by atoms with van der Waals surface area (Å²) in [5, 5.41) is 3.24. The molecule has 0 radical (unpaired) electrons. The maximum absolute atomic E-state index is 15.3. The van der Waals surface area contributed by atoms with Gasteiger partial charge in [-0.25, -0.2) is 4.72 Å². The third-order valence-corrected chi connectivity index (χ3v) is 18.6. The molecule has 0 aromatic rings. The summed E-state index contributed by atoms with van der Waals surface area (Å²) < 4.78 is 29.9. The first-order chi connectivity index (χ1) is 27.2. The summed E-state index contributed by atoms with van der Waals surface area (Å²) in [4.78, 5) is 76.7. The first kappa shape index (κ1) is 45.2. The second-order valence-electron chi connectivity index (χ2n) is 20.7. The minimum Gasteiger partial charge on any atom is -0.345 e. The van der Waals surface area contributed by atoms with E-state index in [0.717, 1.165) is 77.3 Å². The van der Waals surface area contributed by atoms with Crippen molar-refractivity contribution < 1.29 is 32.4 Å². The number of carbonyl (C=O) groups is 5. The van der Waals surface area contributed by atoms with Gasteiger partial charge in [-0.05, 0) is 92.5 Å². The fourth-order valence-corrected chi connectivity index (χ4v) is 14.1. The Kier molecular flexibility index (Phi) is 12.8. The summed E-state index contributed by atoms with van der Waals surface area (Å²) in [6.45, 7) is 20.4. The molecule has 328 valence electrons. The van der Waals surface area contributed by atoms with Crippen molar-refractivity contribution in [1.82, 2.24) is 24.1 Å². The number of carbonyl (C=O) groups excluding carboxylic acids is 5. The predicted octanol–water partition coefficient (Wildman–Crippen LogP) is 6.03. The summed E-state index contributed by atoms with van der Waals surface area (Å²) in [7, 11) is -4.08. The number of rotatable bonds is 17. The van der Waals surface area contributed by atoms with Crippen LogP contribution in [-0.4, -0.2) is 103 Å². The van der Waals surface area contributed by atoms with Gasteiger partial charge in [0, 0.05) is 43.8 Å². The highest BCUT2D eigenvalue weighted by Gasteiger charge is 2.85. The van der Waals surface area contributed by atoms with Crippen LogP contribution in [0, 0.1) is 44.8 Å². The minimum absolute atomic E-state index is 0.0189. The molecule has 4 aliphatic carbocycles. The Morgan fingerprint density at radius 1 is 0.845 bits per heavy atom. The van der Waals surface area contributed by atoms with Crippen LogP contribution < -0.4 is 10.0 Å². The zero-order chi connectivity index (χ0) is 42.6. The SMILES string of the molecule is CC[C@@H]1C[C@]1(CC(=O)[C@@H]1C[C@@]2(CN1C(=O)[C@@H](CC(=O)C(NC(=O)[C@@H]1CCCN1CC)C1CCCCC1)C(C)(C)C)C(C)(C)C21CCC1)C(=O)NS(=O)(=O)N(CC)CC. The molecule has 7 atom stereocenters. The molecule has 2 spiro atoms. The number of nitrogens with one attached hydrogen (secondary N) is 2. The lowest BCUT2D eigenvalue weighted by atomic mass is 9.73. The van der Waals surface area contributed by atoms with Crippen LogP contribution >= 0.6 is 0 Å². The van der Waals surface area contributed by atoms with E-state index in [0.29, 0.717) is 25.8 Å². The van der Waals surface area contributed by atoms with Crippen molar-refractivity contribution in [3.05, 3.63) is 0 Å². The van der Waals surface area contributed by atoms with E-state index in [-0.39, 0.29) is 83.4 Å². The summed E-state index contributed by atoms with van der Waals surface area (Å²) >= 11 is 0.